The van der Waals surface area contributed by atoms with Crippen LogP contribution >= 0.6 is 11.6 Å². The zero-order valence-electron chi connectivity index (χ0n) is 11.1. The molecule has 0 aliphatic carbocycles. The van der Waals surface area contributed by atoms with Gasteiger partial charge in [0.2, 0.25) is 0 Å². The second-order valence-corrected chi connectivity index (χ2v) is 5.01. The van der Waals surface area contributed by atoms with Gasteiger partial charge >= 0.3 is 0 Å². The van der Waals surface area contributed by atoms with Crippen LogP contribution in [0.3, 0.4) is 0 Å². The van der Waals surface area contributed by atoms with Crippen molar-refractivity contribution in [2.24, 2.45) is 0 Å². The molecule has 1 heteroatoms. The lowest BCUT2D eigenvalue weighted by Crippen LogP contribution is -1.93. The number of hydrogen-bond donors (Lipinski definition) is 0. The predicted molar refractivity (Wildman–Crippen MR) is 78.6 cm³/mol. The molecule has 0 fully saturated rings. The summed E-state index contributed by atoms with van der Waals surface area (Å²) in [6.45, 7) is 8.52. The van der Waals surface area contributed by atoms with Gasteiger partial charge in [0.1, 0.15) is 0 Å². The molecule has 0 aliphatic rings. The lowest BCUT2D eigenvalue weighted by atomic mass is 9.95. The van der Waals surface area contributed by atoms with E-state index in [0.29, 0.717) is 0 Å². The van der Waals surface area contributed by atoms with E-state index < -0.39 is 0 Å². The van der Waals surface area contributed by atoms with E-state index in [1.165, 1.54) is 42.4 Å². The fourth-order valence-corrected chi connectivity index (χ4v) is 2.20. The molecule has 0 unspecified atom stereocenters. The molecule has 0 heterocycles. The maximum Gasteiger partial charge on any atom is 0.0412 e. The molecule has 94 valence electrons. The van der Waals surface area contributed by atoms with Crippen molar-refractivity contribution >= 4 is 17.2 Å². The second kappa shape index (κ2) is 7.55. The van der Waals surface area contributed by atoms with Gasteiger partial charge in [-0.25, -0.2) is 0 Å². The Morgan fingerprint density at radius 3 is 2.59 bits per heavy atom. The monoisotopic (exact) mass is 250 g/mol. The van der Waals surface area contributed by atoms with Crippen molar-refractivity contribution in [3.8, 4) is 0 Å². The van der Waals surface area contributed by atoms with Crippen molar-refractivity contribution in [1.29, 1.82) is 0 Å². The predicted octanol–water partition coefficient (Wildman–Crippen LogP) is 5.89. The fraction of sp³-hybridized carbons (Fsp3) is 0.500. The summed E-state index contributed by atoms with van der Waals surface area (Å²) in [5.74, 6) is 0. The van der Waals surface area contributed by atoms with Crippen LogP contribution in [-0.4, -0.2) is 0 Å². The number of allylic oxidation sites excluding steroid dienone is 1. The Labute approximate surface area is 111 Å². The number of rotatable bonds is 7. The molecule has 0 N–H and O–H groups in total. The molecule has 1 aromatic rings. The smallest absolute Gasteiger partial charge is 0.0412 e. The van der Waals surface area contributed by atoms with Crippen molar-refractivity contribution in [2.75, 3.05) is 0 Å². The minimum Gasteiger partial charge on any atom is -0.0952 e. The van der Waals surface area contributed by atoms with E-state index >= 15 is 0 Å². The van der Waals surface area contributed by atoms with Gasteiger partial charge in [-0.05, 0) is 48.1 Å². The molecule has 0 radical (unpaired) electrons. The third kappa shape index (κ3) is 4.55. The van der Waals surface area contributed by atoms with Crippen LogP contribution < -0.4 is 0 Å². The molecule has 0 aromatic heterocycles. The van der Waals surface area contributed by atoms with Crippen molar-refractivity contribution < 1.29 is 0 Å². The number of unbranched alkanes of at least 4 members (excludes halogenated alkanes) is 3. The molecule has 1 rings (SSSR count). The Hall–Kier alpha value is -0.750. The van der Waals surface area contributed by atoms with E-state index in [4.69, 9.17) is 11.6 Å². The van der Waals surface area contributed by atoms with Gasteiger partial charge in [0.15, 0.2) is 0 Å². The summed E-state index contributed by atoms with van der Waals surface area (Å²) in [7, 11) is 0. The Morgan fingerprint density at radius 2 is 1.94 bits per heavy atom. The highest BCUT2D eigenvalue weighted by atomic mass is 35.5. The summed E-state index contributed by atoms with van der Waals surface area (Å²) in [4.78, 5) is 0. The first-order valence-corrected chi connectivity index (χ1v) is 7.03. The molecule has 0 aliphatic heterocycles. The third-order valence-electron chi connectivity index (χ3n) is 3.18. The average molecular weight is 251 g/mol. The Morgan fingerprint density at radius 1 is 1.18 bits per heavy atom. The first-order chi connectivity index (χ1) is 8.19. The molecule has 0 saturated carbocycles. The summed E-state index contributed by atoms with van der Waals surface area (Å²) >= 11 is 6.06. The van der Waals surface area contributed by atoms with Crippen LogP contribution in [0, 0.1) is 0 Å². The largest absolute Gasteiger partial charge is 0.0952 e. The highest BCUT2D eigenvalue weighted by Crippen LogP contribution is 2.25. The molecule has 0 saturated heterocycles. The minimum absolute atomic E-state index is 0.812. The highest BCUT2D eigenvalue weighted by Gasteiger charge is 2.05. The summed E-state index contributed by atoms with van der Waals surface area (Å²) in [5, 5.41) is 0.812. The van der Waals surface area contributed by atoms with Gasteiger partial charge < -0.3 is 0 Å². The van der Waals surface area contributed by atoms with Crippen molar-refractivity contribution in [3.05, 3.63) is 40.9 Å². The number of halogens is 1. The number of benzene rings is 1. The summed E-state index contributed by atoms with van der Waals surface area (Å²) < 4.78 is 0. The van der Waals surface area contributed by atoms with E-state index in [-0.39, 0.29) is 0 Å². The first kappa shape index (κ1) is 14.3. The van der Waals surface area contributed by atoms with E-state index in [2.05, 4.69) is 32.6 Å². The maximum atomic E-state index is 6.06. The normalized spacial score (nSPS) is 10.5. The van der Waals surface area contributed by atoms with Gasteiger partial charge in [0.05, 0.1) is 0 Å². The molecular formula is C16H23Cl. The van der Waals surface area contributed by atoms with E-state index in [1.54, 1.807) is 0 Å². The number of hydrogen-bond acceptors (Lipinski definition) is 0. The van der Waals surface area contributed by atoms with Crippen molar-refractivity contribution in [2.45, 2.75) is 52.4 Å². The first-order valence-electron chi connectivity index (χ1n) is 6.65. The molecule has 0 bridgehead atoms. The van der Waals surface area contributed by atoms with Gasteiger partial charge in [-0.3, -0.25) is 0 Å². The molecule has 17 heavy (non-hydrogen) atoms. The molecule has 1 aromatic carbocycles. The van der Waals surface area contributed by atoms with Crippen LogP contribution in [0.1, 0.15) is 57.1 Å². The van der Waals surface area contributed by atoms with Crippen LogP contribution in [0.5, 0.6) is 0 Å². The van der Waals surface area contributed by atoms with E-state index in [9.17, 15) is 0 Å². The second-order valence-electron chi connectivity index (χ2n) is 4.57. The lowest BCUT2D eigenvalue weighted by Gasteiger charge is -2.11. The molecule has 0 atom stereocenters. The van der Waals surface area contributed by atoms with Gasteiger partial charge in [0, 0.05) is 5.02 Å². The van der Waals surface area contributed by atoms with Crippen LogP contribution in [0.15, 0.2) is 24.8 Å². The van der Waals surface area contributed by atoms with Crippen molar-refractivity contribution in [1.82, 2.24) is 0 Å². The zero-order valence-corrected chi connectivity index (χ0v) is 11.8. The van der Waals surface area contributed by atoms with Crippen LogP contribution in [0.25, 0.3) is 5.57 Å². The molecule has 0 amide bonds. The fourth-order valence-electron chi connectivity index (χ4n) is 2.03. The van der Waals surface area contributed by atoms with E-state index in [0.717, 1.165) is 17.9 Å². The van der Waals surface area contributed by atoms with Crippen LogP contribution in [-0.2, 0) is 6.42 Å². The summed E-state index contributed by atoms with van der Waals surface area (Å²) in [5.41, 5.74) is 3.85. The van der Waals surface area contributed by atoms with Crippen LogP contribution in [0.4, 0.5) is 0 Å². The van der Waals surface area contributed by atoms with Gasteiger partial charge in [0.25, 0.3) is 0 Å². The Bertz CT molecular complexity index is 366. The van der Waals surface area contributed by atoms with Gasteiger partial charge in [-0.15, -0.1) is 0 Å². The van der Waals surface area contributed by atoms with Gasteiger partial charge in [-0.1, -0.05) is 57.4 Å². The van der Waals surface area contributed by atoms with Gasteiger partial charge in [-0.2, -0.15) is 0 Å². The Balaban J connectivity index is 2.72. The van der Waals surface area contributed by atoms with Crippen molar-refractivity contribution in [3.63, 3.8) is 0 Å². The maximum absolute atomic E-state index is 6.06. The van der Waals surface area contributed by atoms with Crippen LogP contribution in [0.2, 0.25) is 5.02 Å². The number of aryl methyl sites for hydroxylation is 1. The highest BCUT2D eigenvalue weighted by molar-refractivity contribution is 6.30. The average Bonchev–Trinajstić information content (AvgIpc) is 2.35. The standard InChI is InChI=1S/C16H23Cl/c1-4-6-7-8-9-14-10-11-15(17)12-16(14)13(3)5-2/h10-12H,3-9H2,1-2H3. The zero-order chi connectivity index (χ0) is 12.7. The molecular weight excluding hydrogens is 228 g/mol. The Kier molecular flexibility index (Phi) is 6.36. The minimum atomic E-state index is 0.812. The lowest BCUT2D eigenvalue weighted by molar-refractivity contribution is 0.666. The molecule has 0 spiro atoms. The topological polar surface area (TPSA) is 0 Å². The molecule has 0 nitrogen and oxygen atoms in total. The SMILES string of the molecule is C=C(CC)c1cc(Cl)ccc1CCCCCC. The third-order valence-corrected chi connectivity index (χ3v) is 3.41. The quantitative estimate of drug-likeness (QED) is 0.530. The summed E-state index contributed by atoms with van der Waals surface area (Å²) in [6, 6.07) is 6.20. The van der Waals surface area contributed by atoms with E-state index in [1.807, 2.05) is 6.07 Å². The summed E-state index contributed by atoms with van der Waals surface area (Å²) in [6.07, 6.45) is 7.33.